The van der Waals surface area contributed by atoms with E-state index in [1.807, 2.05) is 6.92 Å². The average Bonchev–Trinajstić information content (AvgIpc) is 3.12. The first-order valence-electron chi connectivity index (χ1n) is 7.67. The van der Waals surface area contributed by atoms with Crippen LogP contribution in [0, 0.1) is 10.8 Å². The quantitative estimate of drug-likeness (QED) is 0.739. The van der Waals surface area contributed by atoms with Crippen LogP contribution in [0.25, 0.3) is 0 Å². The van der Waals surface area contributed by atoms with Crippen molar-refractivity contribution in [1.82, 2.24) is 0 Å². The van der Waals surface area contributed by atoms with Crippen molar-refractivity contribution in [2.24, 2.45) is 10.8 Å². The van der Waals surface area contributed by atoms with Gasteiger partial charge in [-0.2, -0.15) is 0 Å². The molecule has 2 saturated heterocycles. The second kappa shape index (κ2) is 3.47. The van der Waals surface area contributed by atoms with Crippen LogP contribution in [-0.2, 0) is 14.3 Å². The molecule has 110 valence electrons. The lowest BCUT2D eigenvalue weighted by molar-refractivity contribution is -0.300. The summed E-state index contributed by atoms with van der Waals surface area (Å²) in [6.45, 7) is 4.34. The Hall–Kier alpha value is -0.870. The first-order valence-corrected chi connectivity index (χ1v) is 7.67. The summed E-state index contributed by atoms with van der Waals surface area (Å²) in [6, 6.07) is 0. The average molecular weight is 277 g/mol. The molecule has 2 heterocycles. The molecule has 2 aliphatic carbocycles. The lowest BCUT2D eigenvalue weighted by Gasteiger charge is -2.43. The van der Waals surface area contributed by atoms with E-state index in [2.05, 4.69) is 6.92 Å². The molecule has 0 bridgehead atoms. The van der Waals surface area contributed by atoms with Crippen molar-refractivity contribution < 1.29 is 19.4 Å². The van der Waals surface area contributed by atoms with Crippen LogP contribution in [0.15, 0.2) is 11.6 Å². The number of carbonyl (C=O) groups excluding carboxylic acids is 1. The third-order valence-corrected chi connectivity index (χ3v) is 5.79. The molecule has 20 heavy (non-hydrogen) atoms. The zero-order valence-corrected chi connectivity index (χ0v) is 12.2. The van der Waals surface area contributed by atoms with Crippen molar-refractivity contribution in [3.8, 4) is 0 Å². The Morgan fingerprint density at radius 3 is 2.50 bits per heavy atom. The Bertz CT molecular complexity index is 509. The summed E-state index contributed by atoms with van der Waals surface area (Å²) in [5.41, 5.74) is 0.207. The summed E-state index contributed by atoms with van der Waals surface area (Å²) in [7, 11) is 0. The number of carbonyl (C=O) groups is 1. The highest BCUT2D eigenvalue weighted by Gasteiger charge is 2.92. The molecule has 2 aliphatic heterocycles. The van der Waals surface area contributed by atoms with Gasteiger partial charge in [-0.05, 0) is 36.3 Å². The first kappa shape index (κ1) is 12.8. The van der Waals surface area contributed by atoms with Crippen LogP contribution in [-0.4, -0.2) is 17.5 Å². The van der Waals surface area contributed by atoms with Crippen LogP contribution < -0.4 is 5.11 Å². The van der Waals surface area contributed by atoms with Crippen molar-refractivity contribution >= 4 is 5.97 Å². The monoisotopic (exact) mass is 277 g/mol. The minimum absolute atomic E-state index is 0.224. The molecule has 4 rings (SSSR count). The second-order valence-corrected chi connectivity index (χ2v) is 7.76. The zero-order valence-electron chi connectivity index (χ0n) is 12.2. The van der Waals surface area contributed by atoms with Crippen LogP contribution in [0.1, 0.15) is 58.8 Å². The van der Waals surface area contributed by atoms with Crippen LogP contribution in [0.2, 0.25) is 0 Å². The smallest absolute Gasteiger partial charge is 0.250 e. The third-order valence-electron chi connectivity index (χ3n) is 5.79. The highest BCUT2D eigenvalue weighted by molar-refractivity contribution is 5.87. The number of carboxylic acids is 1. The maximum atomic E-state index is 11.5. The van der Waals surface area contributed by atoms with Gasteiger partial charge in [0.15, 0.2) is 0 Å². The Morgan fingerprint density at radius 1 is 1.25 bits per heavy atom. The highest BCUT2D eigenvalue weighted by atomic mass is 17.0. The van der Waals surface area contributed by atoms with Gasteiger partial charge in [-0.15, -0.1) is 0 Å². The number of hydrogen-bond acceptors (Lipinski definition) is 4. The van der Waals surface area contributed by atoms with E-state index in [0.29, 0.717) is 12.0 Å². The molecule has 0 radical (unpaired) electrons. The van der Waals surface area contributed by atoms with E-state index in [1.165, 1.54) is 32.1 Å². The maximum absolute atomic E-state index is 11.5. The fraction of sp³-hybridized carbons (Fsp3) is 0.812. The summed E-state index contributed by atoms with van der Waals surface area (Å²) >= 11 is 0. The number of aliphatic carboxylic acids is 1. The molecular formula is C16H21O4-. The molecule has 0 aromatic rings. The molecule has 0 aromatic carbocycles. The lowest BCUT2D eigenvalue weighted by Crippen LogP contribution is -2.41. The van der Waals surface area contributed by atoms with Crippen molar-refractivity contribution in [3.63, 3.8) is 0 Å². The molecule has 0 spiro atoms. The van der Waals surface area contributed by atoms with E-state index in [1.54, 1.807) is 6.08 Å². The van der Waals surface area contributed by atoms with Gasteiger partial charge >= 0.3 is 0 Å². The van der Waals surface area contributed by atoms with E-state index < -0.39 is 23.0 Å². The third kappa shape index (κ3) is 1.58. The molecule has 3 fully saturated rings. The summed E-state index contributed by atoms with van der Waals surface area (Å²) in [5.74, 6) is -2.26. The molecule has 4 nitrogen and oxygen atoms in total. The lowest BCUT2D eigenvalue weighted by atomic mass is 9.61. The van der Waals surface area contributed by atoms with E-state index in [0.717, 1.165) is 6.42 Å². The minimum Gasteiger partial charge on any atom is -0.545 e. The van der Waals surface area contributed by atoms with Gasteiger partial charge in [0.05, 0.1) is 5.97 Å². The number of rotatable bonds is 3. The molecule has 0 amide bonds. The maximum Gasteiger partial charge on any atom is 0.250 e. The Balaban J connectivity index is 1.63. The Morgan fingerprint density at radius 2 is 1.90 bits per heavy atom. The molecule has 0 N–H and O–H groups in total. The number of carboxylic acid groups (broad SMARTS) is 1. The number of ether oxygens (including phenoxy) is 2. The minimum atomic E-state index is -1.07. The van der Waals surface area contributed by atoms with Crippen LogP contribution in [0.4, 0.5) is 0 Å². The summed E-state index contributed by atoms with van der Waals surface area (Å²) in [5, 5.41) is 11.5. The Kier molecular flexibility index (Phi) is 2.23. The number of hydrogen-bond donors (Lipinski definition) is 0. The van der Waals surface area contributed by atoms with Gasteiger partial charge in [0, 0.05) is 11.8 Å². The second-order valence-electron chi connectivity index (χ2n) is 7.76. The predicted molar refractivity (Wildman–Crippen MR) is 69.3 cm³/mol. The van der Waals surface area contributed by atoms with Gasteiger partial charge in [0.1, 0.15) is 0 Å². The molecular weight excluding hydrogens is 256 g/mol. The van der Waals surface area contributed by atoms with Crippen LogP contribution in [0.3, 0.4) is 0 Å². The summed E-state index contributed by atoms with van der Waals surface area (Å²) < 4.78 is 11.1. The van der Waals surface area contributed by atoms with E-state index in [9.17, 15) is 9.90 Å². The molecule has 0 aromatic heterocycles. The molecule has 1 unspecified atom stereocenters. The van der Waals surface area contributed by atoms with Crippen molar-refractivity contribution in [2.75, 3.05) is 0 Å². The van der Waals surface area contributed by atoms with Gasteiger partial charge in [0.25, 0.3) is 0 Å². The van der Waals surface area contributed by atoms with E-state index in [-0.39, 0.29) is 5.41 Å². The fourth-order valence-electron chi connectivity index (χ4n) is 4.77. The van der Waals surface area contributed by atoms with Gasteiger partial charge in [0.2, 0.25) is 11.6 Å². The highest BCUT2D eigenvalue weighted by Crippen LogP contribution is 2.76. The number of epoxide rings is 2. The SMILES string of the molecule is CC1(CC2(C)CC34OC3(C=C2C(=O)[O-])O4)CCCCC1. The van der Waals surface area contributed by atoms with Gasteiger partial charge in [-0.1, -0.05) is 33.1 Å². The summed E-state index contributed by atoms with van der Waals surface area (Å²) in [6.07, 6.45) is 9.36. The van der Waals surface area contributed by atoms with Gasteiger partial charge in [-0.3, -0.25) is 0 Å². The van der Waals surface area contributed by atoms with Crippen LogP contribution in [0.5, 0.6) is 0 Å². The standard InChI is InChI=1S/C16H22O4/c1-13(6-4-3-5-7-13)9-14(2)10-16-15(19-16,20-16)8-11(14)12(17)18/h8H,3-7,9-10H2,1-2H3,(H,17,18)/p-1. The summed E-state index contributed by atoms with van der Waals surface area (Å²) in [4.78, 5) is 11.5. The zero-order chi connectivity index (χ0) is 14.2. The molecule has 1 atom stereocenters. The van der Waals surface area contributed by atoms with Crippen molar-refractivity contribution in [1.29, 1.82) is 0 Å². The predicted octanol–water partition coefficient (Wildman–Crippen LogP) is 1.89. The first-order chi connectivity index (χ1) is 9.32. The van der Waals surface area contributed by atoms with Crippen LogP contribution >= 0.6 is 0 Å². The Labute approximate surface area is 119 Å². The molecule has 1 saturated carbocycles. The van der Waals surface area contributed by atoms with Crippen molar-refractivity contribution in [2.45, 2.75) is 70.4 Å². The van der Waals surface area contributed by atoms with E-state index in [4.69, 9.17) is 9.47 Å². The van der Waals surface area contributed by atoms with Crippen molar-refractivity contribution in [3.05, 3.63) is 11.6 Å². The molecule has 4 aliphatic rings. The normalized spacial score (nSPS) is 47.8. The molecule has 4 heteroatoms. The largest absolute Gasteiger partial charge is 0.545 e. The fourth-order valence-corrected chi connectivity index (χ4v) is 4.77. The van der Waals surface area contributed by atoms with E-state index >= 15 is 0 Å². The topological polar surface area (TPSA) is 65.2 Å². The van der Waals surface area contributed by atoms with Gasteiger partial charge in [-0.25, -0.2) is 0 Å². The van der Waals surface area contributed by atoms with Gasteiger partial charge < -0.3 is 19.4 Å².